The van der Waals surface area contributed by atoms with Crippen molar-refractivity contribution in [3.63, 3.8) is 0 Å². The van der Waals surface area contributed by atoms with Gasteiger partial charge in [0.05, 0.1) is 13.0 Å². The van der Waals surface area contributed by atoms with Gasteiger partial charge in [-0.25, -0.2) is 0 Å². The van der Waals surface area contributed by atoms with Crippen molar-refractivity contribution in [3.8, 4) is 5.75 Å². The van der Waals surface area contributed by atoms with Crippen LogP contribution in [0.3, 0.4) is 0 Å². The second kappa shape index (κ2) is 6.48. The van der Waals surface area contributed by atoms with Gasteiger partial charge in [0.1, 0.15) is 5.75 Å². The third kappa shape index (κ3) is 3.38. The highest BCUT2D eigenvalue weighted by molar-refractivity contribution is 5.80. The number of ether oxygens (including phenoxy) is 1. The lowest BCUT2D eigenvalue weighted by Crippen LogP contribution is -2.43. The number of nitrogens with zero attached hydrogens (tertiary/aromatic N) is 1. The summed E-state index contributed by atoms with van der Waals surface area (Å²) in [5.74, 6) is 1.34. The average molecular weight is 288 g/mol. The van der Waals surface area contributed by atoms with E-state index in [4.69, 9.17) is 4.74 Å². The number of amides is 1. The SMILES string of the molecule is COc1ccccc1CN(C(=O)[C@@H]1CCCNC1)C1CC1. The van der Waals surface area contributed by atoms with E-state index in [2.05, 4.69) is 16.3 Å². The molecule has 0 bridgehead atoms. The zero-order chi connectivity index (χ0) is 14.7. The van der Waals surface area contributed by atoms with Crippen molar-refractivity contribution in [2.75, 3.05) is 20.2 Å². The van der Waals surface area contributed by atoms with Crippen LogP contribution in [0.25, 0.3) is 0 Å². The summed E-state index contributed by atoms with van der Waals surface area (Å²) in [5, 5.41) is 3.34. The highest BCUT2D eigenvalue weighted by Gasteiger charge is 2.36. The molecule has 0 aromatic heterocycles. The summed E-state index contributed by atoms with van der Waals surface area (Å²) in [6.07, 6.45) is 4.40. The number of hydrogen-bond donors (Lipinski definition) is 1. The highest BCUT2D eigenvalue weighted by Crippen LogP contribution is 2.32. The molecule has 4 nitrogen and oxygen atoms in total. The van der Waals surface area contributed by atoms with E-state index < -0.39 is 0 Å². The van der Waals surface area contributed by atoms with Gasteiger partial charge in [0.2, 0.25) is 5.91 Å². The molecule has 0 radical (unpaired) electrons. The van der Waals surface area contributed by atoms with E-state index in [9.17, 15) is 4.79 Å². The van der Waals surface area contributed by atoms with E-state index >= 15 is 0 Å². The molecule has 1 aliphatic heterocycles. The molecular weight excluding hydrogens is 264 g/mol. The van der Waals surface area contributed by atoms with Crippen LogP contribution >= 0.6 is 0 Å². The Labute approximate surface area is 126 Å². The highest BCUT2D eigenvalue weighted by atomic mass is 16.5. The van der Waals surface area contributed by atoms with Crippen LogP contribution in [0.2, 0.25) is 0 Å². The van der Waals surface area contributed by atoms with Gasteiger partial charge in [-0.3, -0.25) is 4.79 Å². The van der Waals surface area contributed by atoms with Gasteiger partial charge in [-0.15, -0.1) is 0 Å². The predicted octanol–water partition coefficient (Wildman–Crippen LogP) is 2.19. The Balaban J connectivity index is 1.73. The lowest BCUT2D eigenvalue weighted by molar-refractivity contribution is -0.137. The van der Waals surface area contributed by atoms with E-state index in [-0.39, 0.29) is 5.92 Å². The molecule has 2 aliphatic rings. The first-order chi connectivity index (χ1) is 10.3. The Hall–Kier alpha value is -1.55. The molecule has 0 spiro atoms. The quantitative estimate of drug-likeness (QED) is 0.903. The van der Waals surface area contributed by atoms with Crippen LogP contribution in [0.4, 0.5) is 0 Å². The zero-order valence-corrected chi connectivity index (χ0v) is 12.7. The van der Waals surface area contributed by atoms with Crippen molar-refractivity contribution >= 4 is 5.91 Å². The first-order valence-electron chi connectivity index (χ1n) is 7.92. The fourth-order valence-corrected chi connectivity index (χ4v) is 3.09. The fraction of sp³-hybridized carbons (Fsp3) is 0.588. The summed E-state index contributed by atoms with van der Waals surface area (Å²) in [6, 6.07) is 8.43. The van der Waals surface area contributed by atoms with Crippen LogP contribution in [-0.2, 0) is 11.3 Å². The van der Waals surface area contributed by atoms with Crippen LogP contribution in [0.1, 0.15) is 31.2 Å². The third-order valence-electron chi connectivity index (χ3n) is 4.45. The lowest BCUT2D eigenvalue weighted by Gasteiger charge is -2.30. The molecule has 1 atom stereocenters. The number of carbonyl (C=O) groups is 1. The summed E-state index contributed by atoms with van der Waals surface area (Å²) in [6.45, 7) is 2.54. The molecule has 114 valence electrons. The normalized spacial score (nSPS) is 21.9. The molecular formula is C17H24N2O2. The topological polar surface area (TPSA) is 41.6 Å². The van der Waals surface area contributed by atoms with Crippen LogP contribution < -0.4 is 10.1 Å². The molecule has 1 aliphatic carbocycles. The Kier molecular flexibility index (Phi) is 4.44. The van der Waals surface area contributed by atoms with Crippen LogP contribution in [0.15, 0.2) is 24.3 Å². The number of hydrogen-bond acceptors (Lipinski definition) is 3. The molecule has 2 fully saturated rings. The Bertz CT molecular complexity index is 493. The number of methoxy groups -OCH3 is 1. The number of nitrogens with one attached hydrogen (secondary N) is 1. The first-order valence-corrected chi connectivity index (χ1v) is 7.92. The van der Waals surface area contributed by atoms with Gasteiger partial charge < -0.3 is 15.0 Å². The van der Waals surface area contributed by atoms with E-state index in [1.807, 2.05) is 18.2 Å². The van der Waals surface area contributed by atoms with Crippen LogP contribution in [0, 0.1) is 5.92 Å². The minimum Gasteiger partial charge on any atom is -0.496 e. The second-order valence-electron chi connectivity index (χ2n) is 6.05. The number of benzene rings is 1. The summed E-state index contributed by atoms with van der Waals surface area (Å²) in [7, 11) is 1.69. The number of carbonyl (C=O) groups excluding carboxylic acids is 1. The van der Waals surface area contributed by atoms with E-state index in [1.54, 1.807) is 7.11 Å². The molecule has 1 heterocycles. The Morgan fingerprint density at radius 3 is 2.81 bits per heavy atom. The molecule has 4 heteroatoms. The van der Waals surface area contributed by atoms with Gasteiger partial charge in [-0.2, -0.15) is 0 Å². The van der Waals surface area contributed by atoms with Crippen LogP contribution in [-0.4, -0.2) is 37.0 Å². The largest absolute Gasteiger partial charge is 0.496 e. The van der Waals surface area contributed by atoms with E-state index in [1.165, 1.54) is 0 Å². The molecule has 21 heavy (non-hydrogen) atoms. The molecule has 1 saturated heterocycles. The average Bonchev–Trinajstić information content (AvgIpc) is 3.38. The number of rotatable bonds is 5. The number of para-hydroxylation sites is 1. The van der Waals surface area contributed by atoms with Gasteiger partial charge in [-0.1, -0.05) is 18.2 Å². The minimum absolute atomic E-state index is 0.147. The summed E-state index contributed by atoms with van der Waals surface area (Å²) < 4.78 is 5.42. The predicted molar refractivity (Wildman–Crippen MR) is 82.2 cm³/mol. The van der Waals surface area contributed by atoms with Crippen molar-refractivity contribution in [2.24, 2.45) is 5.92 Å². The van der Waals surface area contributed by atoms with Gasteiger partial charge in [0, 0.05) is 24.7 Å². The smallest absolute Gasteiger partial charge is 0.227 e. The molecule has 1 aromatic carbocycles. The van der Waals surface area contributed by atoms with Crippen molar-refractivity contribution in [1.82, 2.24) is 10.2 Å². The van der Waals surface area contributed by atoms with Gasteiger partial charge >= 0.3 is 0 Å². The Morgan fingerprint density at radius 2 is 2.14 bits per heavy atom. The standard InChI is InChI=1S/C17H24N2O2/c1-21-16-7-3-2-5-14(16)12-19(15-8-9-15)17(20)13-6-4-10-18-11-13/h2-3,5,7,13,15,18H,4,6,8-12H2,1H3/t13-/m1/s1. The van der Waals surface area contributed by atoms with Crippen molar-refractivity contribution in [1.29, 1.82) is 0 Å². The summed E-state index contributed by atoms with van der Waals surface area (Å²) >= 11 is 0. The fourth-order valence-electron chi connectivity index (χ4n) is 3.09. The van der Waals surface area contributed by atoms with Crippen molar-refractivity contribution in [2.45, 2.75) is 38.3 Å². The zero-order valence-electron chi connectivity index (χ0n) is 12.7. The molecule has 1 amide bonds. The maximum Gasteiger partial charge on any atom is 0.227 e. The minimum atomic E-state index is 0.147. The molecule has 0 unspecified atom stereocenters. The Morgan fingerprint density at radius 1 is 1.33 bits per heavy atom. The van der Waals surface area contributed by atoms with Gasteiger partial charge in [0.15, 0.2) is 0 Å². The monoisotopic (exact) mass is 288 g/mol. The maximum absolute atomic E-state index is 12.8. The van der Waals surface area contributed by atoms with E-state index in [0.717, 1.165) is 50.1 Å². The number of piperidine rings is 1. The second-order valence-corrected chi connectivity index (χ2v) is 6.05. The first kappa shape index (κ1) is 14.4. The molecule has 1 N–H and O–H groups in total. The van der Waals surface area contributed by atoms with Gasteiger partial charge in [0.25, 0.3) is 0 Å². The van der Waals surface area contributed by atoms with Crippen molar-refractivity contribution in [3.05, 3.63) is 29.8 Å². The molecule has 1 aromatic rings. The summed E-state index contributed by atoms with van der Waals surface area (Å²) in [5.41, 5.74) is 1.10. The van der Waals surface area contributed by atoms with Crippen molar-refractivity contribution < 1.29 is 9.53 Å². The lowest BCUT2D eigenvalue weighted by atomic mass is 9.97. The third-order valence-corrected chi connectivity index (χ3v) is 4.45. The van der Waals surface area contributed by atoms with E-state index in [0.29, 0.717) is 18.5 Å². The van der Waals surface area contributed by atoms with Crippen LogP contribution in [0.5, 0.6) is 5.75 Å². The molecule has 1 saturated carbocycles. The van der Waals surface area contributed by atoms with Gasteiger partial charge in [-0.05, 0) is 38.3 Å². The maximum atomic E-state index is 12.8. The summed E-state index contributed by atoms with van der Waals surface area (Å²) in [4.78, 5) is 14.9. The molecule has 3 rings (SSSR count).